The van der Waals surface area contributed by atoms with Gasteiger partial charge in [0.1, 0.15) is 17.2 Å². The summed E-state index contributed by atoms with van der Waals surface area (Å²) in [6, 6.07) is 2.30. The van der Waals surface area contributed by atoms with E-state index in [-0.39, 0.29) is 54.9 Å². The number of aromatic hydroxyl groups is 1. The maximum absolute atomic E-state index is 13.9. The molecule has 2 atom stereocenters. The lowest BCUT2D eigenvalue weighted by Gasteiger charge is -2.42. The molecule has 0 spiro atoms. The second-order valence-corrected chi connectivity index (χ2v) is 8.39. The zero-order chi connectivity index (χ0) is 24.6. The summed E-state index contributed by atoms with van der Waals surface area (Å²) in [6.07, 6.45) is 0.564. The van der Waals surface area contributed by atoms with Crippen molar-refractivity contribution >= 4 is 11.8 Å². The average Bonchev–Trinajstić information content (AvgIpc) is 2.81. The third-order valence-electron chi connectivity index (χ3n) is 6.23. The number of methoxy groups -OCH3 is 1. The maximum Gasteiger partial charge on any atom is 0.274 e. The molecule has 2 aliphatic heterocycles. The van der Waals surface area contributed by atoms with Gasteiger partial charge in [0.2, 0.25) is 5.43 Å². The summed E-state index contributed by atoms with van der Waals surface area (Å²) in [5.41, 5.74) is -1.37. The number of carbonyl (C=O) groups is 2. The van der Waals surface area contributed by atoms with E-state index in [4.69, 9.17) is 9.47 Å². The summed E-state index contributed by atoms with van der Waals surface area (Å²) < 4.78 is 39.3. The van der Waals surface area contributed by atoms with Gasteiger partial charge in [-0.15, -0.1) is 0 Å². The quantitative estimate of drug-likeness (QED) is 0.629. The van der Waals surface area contributed by atoms with E-state index in [0.29, 0.717) is 19.1 Å². The summed E-state index contributed by atoms with van der Waals surface area (Å²) in [6.45, 7) is 2.37. The van der Waals surface area contributed by atoms with Crippen molar-refractivity contribution in [1.82, 2.24) is 14.8 Å². The molecule has 1 aromatic carbocycles. The number of pyridine rings is 1. The van der Waals surface area contributed by atoms with E-state index in [1.165, 1.54) is 10.6 Å². The number of hydrogen-bond donors (Lipinski definition) is 2. The summed E-state index contributed by atoms with van der Waals surface area (Å²) in [7, 11) is 1.56. The van der Waals surface area contributed by atoms with Gasteiger partial charge in [-0.1, -0.05) is 6.07 Å². The predicted octanol–water partition coefficient (Wildman–Crippen LogP) is 1.71. The second-order valence-electron chi connectivity index (χ2n) is 8.39. The minimum Gasteiger partial charge on any atom is -0.503 e. The molecule has 0 saturated heterocycles. The molecule has 3 heterocycles. The van der Waals surface area contributed by atoms with Crippen LogP contribution < -0.4 is 10.7 Å². The van der Waals surface area contributed by atoms with Crippen molar-refractivity contribution in [3.05, 3.63) is 62.6 Å². The van der Waals surface area contributed by atoms with Gasteiger partial charge in [-0.3, -0.25) is 14.4 Å². The number of ether oxygens (including phenoxy) is 2. The first kappa shape index (κ1) is 23.8. The van der Waals surface area contributed by atoms with Crippen LogP contribution in [-0.2, 0) is 22.6 Å². The van der Waals surface area contributed by atoms with Crippen LogP contribution >= 0.6 is 0 Å². The zero-order valence-electron chi connectivity index (χ0n) is 18.8. The first-order chi connectivity index (χ1) is 16.2. The molecule has 1 aromatic heterocycles. The molecule has 2 N–H and O–H groups in total. The molecule has 9 nitrogen and oxygen atoms in total. The lowest BCUT2D eigenvalue weighted by atomic mass is 10.0. The molecule has 11 heteroatoms. The van der Waals surface area contributed by atoms with Crippen LogP contribution in [0.25, 0.3) is 0 Å². The summed E-state index contributed by atoms with van der Waals surface area (Å²) in [5, 5.41) is 13.1. The van der Waals surface area contributed by atoms with Crippen molar-refractivity contribution in [3.8, 4) is 5.75 Å². The highest BCUT2D eigenvalue weighted by Gasteiger charge is 2.41. The standard InChI is InChI=1S/C23H25F2N3O6/c1-12(5-6-33-2)27-9-15-10-34-11-17-18(20(29)21(30)19(23(27)32)28(15)17)22(31)26-8-13-3-4-14(24)7-16(13)25/h3-4,7,12,15,30H,5-6,8-11H2,1-2H3,(H,26,31). The Hall–Kier alpha value is -3.31. The molecule has 2 aromatic rings. The molecular formula is C23H25F2N3O6. The number of amides is 2. The Morgan fingerprint density at radius 1 is 1.35 bits per heavy atom. The van der Waals surface area contributed by atoms with Crippen molar-refractivity contribution in [2.45, 2.75) is 38.6 Å². The van der Waals surface area contributed by atoms with E-state index in [1.807, 2.05) is 6.92 Å². The Balaban J connectivity index is 1.69. The second kappa shape index (κ2) is 9.51. The van der Waals surface area contributed by atoms with Crippen LogP contribution in [0.1, 0.15) is 51.5 Å². The fraction of sp³-hybridized carbons (Fsp3) is 0.435. The van der Waals surface area contributed by atoms with Crippen LogP contribution in [-0.4, -0.2) is 59.3 Å². The first-order valence-corrected chi connectivity index (χ1v) is 10.8. The van der Waals surface area contributed by atoms with Crippen LogP contribution in [0.15, 0.2) is 23.0 Å². The third-order valence-corrected chi connectivity index (χ3v) is 6.23. The minimum absolute atomic E-state index is 0.0238. The van der Waals surface area contributed by atoms with Crippen LogP contribution in [0.3, 0.4) is 0 Å². The molecular weight excluding hydrogens is 452 g/mol. The van der Waals surface area contributed by atoms with E-state index in [2.05, 4.69) is 5.32 Å². The lowest BCUT2D eigenvalue weighted by Crippen LogP contribution is -2.52. The van der Waals surface area contributed by atoms with Gasteiger partial charge in [-0.2, -0.15) is 0 Å². The van der Waals surface area contributed by atoms with Gasteiger partial charge in [0.25, 0.3) is 11.8 Å². The highest BCUT2D eigenvalue weighted by atomic mass is 19.1. The Bertz CT molecular complexity index is 1200. The Morgan fingerprint density at radius 3 is 2.82 bits per heavy atom. The Morgan fingerprint density at radius 2 is 2.12 bits per heavy atom. The van der Waals surface area contributed by atoms with Crippen molar-refractivity contribution in [2.24, 2.45) is 0 Å². The van der Waals surface area contributed by atoms with Gasteiger partial charge in [0, 0.05) is 44.5 Å². The van der Waals surface area contributed by atoms with Gasteiger partial charge in [-0.05, 0) is 19.4 Å². The highest BCUT2D eigenvalue weighted by Crippen LogP contribution is 2.33. The number of benzene rings is 1. The van der Waals surface area contributed by atoms with E-state index in [9.17, 15) is 28.3 Å². The smallest absolute Gasteiger partial charge is 0.274 e. The lowest BCUT2D eigenvalue weighted by molar-refractivity contribution is 0.0154. The number of aromatic nitrogens is 1. The van der Waals surface area contributed by atoms with E-state index in [0.717, 1.165) is 6.07 Å². The fourth-order valence-corrected chi connectivity index (χ4v) is 4.41. The van der Waals surface area contributed by atoms with Crippen LogP contribution in [0.2, 0.25) is 0 Å². The highest BCUT2D eigenvalue weighted by molar-refractivity contribution is 6.00. The third kappa shape index (κ3) is 4.16. The fourth-order valence-electron chi connectivity index (χ4n) is 4.41. The van der Waals surface area contributed by atoms with Gasteiger partial charge >= 0.3 is 0 Å². The molecule has 182 valence electrons. The van der Waals surface area contributed by atoms with E-state index >= 15 is 0 Å². The van der Waals surface area contributed by atoms with Crippen molar-refractivity contribution in [2.75, 3.05) is 26.9 Å². The summed E-state index contributed by atoms with van der Waals surface area (Å²) in [4.78, 5) is 40.8. The van der Waals surface area contributed by atoms with Crippen molar-refractivity contribution < 1.29 is 33.0 Å². The summed E-state index contributed by atoms with van der Waals surface area (Å²) >= 11 is 0. The molecule has 0 bridgehead atoms. The number of carbonyl (C=O) groups excluding carboxylic acids is 2. The summed E-state index contributed by atoms with van der Waals surface area (Å²) in [5.74, 6) is -3.79. The predicted molar refractivity (Wildman–Crippen MR) is 116 cm³/mol. The Labute approximate surface area is 193 Å². The van der Waals surface area contributed by atoms with E-state index in [1.54, 1.807) is 12.0 Å². The molecule has 0 fully saturated rings. The molecule has 0 saturated carbocycles. The average molecular weight is 477 g/mol. The van der Waals surface area contributed by atoms with Gasteiger partial charge in [0.05, 0.1) is 24.9 Å². The van der Waals surface area contributed by atoms with Crippen LogP contribution in [0.5, 0.6) is 5.75 Å². The van der Waals surface area contributed by atoms with Crippen molar-refractivity contribution in [1.29, 1.82) is 0 Å². The monoisotopic (exact) mass is 477 g/mol. The van der Waals surface area contributed by atoms with Gasteiger partial charge in [-0.25, -0.2) is 8.78 Å². The zero-order valence-corrected chi connectivity index (χ0v) is 18.8. The SMILES string of the molecule is COCCC(C)N1CC2COCc3c(C(=O)NCc4ccc(F)cc4F)c(=O)c(O)c(n32)C1=O. The number of rotatable bonds is 7. The number of nitrogens with one attached hydrogen (secondary N) is 1. The normalized spacial score (nSPS) is 17.9. The molecule has 2 amide bonds. The Kier molecular flexibility index (Phi) is 6.67. The molecule has 0 aliphatic carbocycles. The topological polar surface area (TPSA) is 110 Å². The molecule has 34 heavy (non-hydrogen) atoms. The number of hydrogen-bond acceptors (Lipinski definition) is 6. The largest absolute Gasteiger partial charge is 0.503 e. The molecule has 2 aliphatic rings. The molecule has 0 radical (unpaired) electrons. The van der Waals surface area contributed by atoms with Gasteiger partial charge in [0.15, 0.2) is 11.4 Å². The van der Waals surface area contributed by atoms with Crippen molar-refractivity contribution in [3.63, 3.8) is 0 Å². The van der Waals surface area contributed by atoms with Crippen LogP contribution in [0, 0.1) is 11.6 Å². The van der Waals surface area contributed by atoms with Crippen LogP contribution in [0.4, 0.5) is 8.78 Å². The number of halogens is 2. The maximum atomic E-state index is 13.9. The van der Waals surface area contributed by atoms with Gasteiger partial charge < -0.3 is 29.4 Å². The van der Waals surface area contributed by atoms with E-state index < -0.39 is 40.7 Å². The first-order valence-electron chi connectivity index (χ1n) is 10.8. The molecule has 2 unspecified atom stereocenters. The number of nitrogens with zero attached hydrogens (tertiary/aromatic N) is 2. The molecule has 4 rings (SSSR count). The minimum atomic E-state index is -1.01.